The third-order valence-corrected chi connectivity index (χ3v) is 4.31. The first-order valence-electron chi connectivity index (χ1n) is 8.18. The second-order valence-corrected chi connectivity index (χ2v) is 6.20. The molecule has 0 radical (unpaired) electrons. The number of aliphatic carboxylic acids is 1. The fourth-order valence-corrected chi connectivity index (χ4v) is 3.05. The van der Waals surface area contributed by atoms with E-state index in [0.29, 0.717) is 24.7 Å². The van der Waals surface area contributed by atoms with Crippen LogP contribution in [0.1, 0.15) is 38.8 Å². The van der Waals surface area contributed by atoms with Crippen LogP contribution < -0.4 is 14.6 Å². The number of thiazole rings is 1. The van der Waals surface area contributed by atoms with Crippen molar-refractivity contribution in [3.63, 3.8) is 0 Å². The van der Waals surface area contributed by atoms with E-state index < -0.39 is 5.97 Å². The lowest BCUT2D eigenvalue weighted by atomic mass is 10.2. The average Bonchev–Trinajstić information content (AvgIpc) is 3.00. The second-order valence-electron chi connectivity index (χ2n) is 5.34. The first kappa shape index (κ1) is 18.3. The Hall–Kier alpha value is -2.08. The summed E-state index contributed by atoms with van der Waals surface area (Å²) < 4.78 is 11.5. The van der Waals surface area contributed by atoms with Crippen molar-refractivity contribution < 1.29 is 19.4 Å². The number of hydrogen-bond donors (Lipinski definition) is 0. The Kier molecular flexibility index (Phi) is 7.06. The van der Waals surface area contributed by atoms with E-state index in [-0.39, 0.29) is 6.42 Å². The number of aromatic nitrogens is 1. The number of carboxylic acid groups (broad SMARTS) is 1. The Morgan fingerprint density at radius 1 is 1.21 bits per heavy atom. The standard InChI is InChI=1S/C18H23NO4S/c1-3-5-6-9-23-15-8-7-13(10-16(15)22-4-2)18-19-14(12-24-18)11-17(20)21/h7-8,10,12H,3-6,9,11H2,1-2H3,(H,20,21)/p-1. The van der Waals surface area contributed by atoms with Gasteiger partial charge in [0.25, 0.3) is 0 Å². The number of hydrogen-bond acceptors (Lipinski definition) is 6. The van der Waals surface area contributed by atoms with Gasteiger partial charge in [0.1, 0.15) is 5.01 Å². The maximum atomic E-state index is 10.7. The lowest BCUT2D eigenvalue weighted by Crippen LogP contribution is -2.24. The first-order chi connectivity index (χ1) is 11.6. The van der Waals surface area contributed by atoms with Gasteiger partial charge in [-0.25, -0.2) is 4.98 Å². The third-order valence-electron chi connectivity index (χ3n) is 3.37. The summed E-state index contributed by atoms with van der Waals surface area (Å²) in [6, 6.07) is 5.69. The molecule has 0 N–H and O–H groups in total. The van der Waals surface area contributed by atoms with Crippen LogP contribution >= 0.6 is 11.3 Å². The van der Waals surface area contributed by atoms with Gasteiger partial charge in [0.15, 0.2) is 11.5 Å². The van der Waals surface area contributed by atoms with E-state index >= 15 is 0 Å². The molecule has 2 aromatic rings. The van der Waals surface area contributed by atoms with Crippen molar-refractivity contribution in [3.8, 4) is 22.1 Å². The average molecular weight is 348 g/mol. The normalized spacial score (nSPS) is 10.6. The van der Waals surface area contributed by atoms with Crippen LogP contribution in [0.15, 0.2) is 23.6 Å². The van der Waals surface area contributed by atoms with Gasteiger partial charge in [-0.3, -0.25) is 0 Å². The van der Waals surface area contributed by atoms with E-state index in [4.69, 9.17) is 9.47 Å². The molecular formula is C18H22NO4S-. The summed E-state index contributed by atoms with van der Waals surface area (Å²) in [5, 5.41) is 13.2. The van der Waals surface area contributed by atoms with Gasteiger partial charge >= 0.3 is 0 Å². The fraction of sp³-hybridized carbons (Fsp3) is 0.444. The van der Waals surface area contributed by atoms with E-state index in [0.717, 1.165) is 35.6 Å². The fourth-order valence-electron chi connectivity index (χ4n) is 2.23. The van der Waals surface area contributed by atoms with E-state index in [9.17, 15) is 9.90 Å². The molecule has 0 aliphatic carbocycles. The second kappa shape index (κ2) is 9.27. The van der Waals surface area contributed by atoms with Crippen molar-refractivity contribution in [2.24, 2.45) is 0 Å². The largest absolute Gasteiger partial charge is 0.550 e. The minimum absolute atomic E-state index is 0.173. The molecule has 0 aliphatic rings. The molecule has 0 saturated carbocycles. The Labute approximate surface area is 146 Å². The van der Waals surface area contributed by atoms with Crippen LogP contribution in [0.25, 0.3) is 10.6 Å². The SMILES string of the molecule is CCCCCOc1ccc(-c2nc(CC(=O)[O-])cs2)cc1OCC. The number of ether oxygens (including phenoxy) is 2. The highest BCUT2D eigenvalue weighted by Gasteiger charge is 2.11. The molecule has 0 fully saturated rings. The summed E-state index contributed by atoms with van der Waals surface area (Å²) in [5.41, 5.74) is 1.39. The molecule has 1 heterocycles. The zero-order chi connectivity index (χ0) is 17.4. The number of rotatable bonds is 10. The zero-order valence-electron chi connectivity index (χ0n) is 14.0. The van der Waals surface area contributed by atoms with Crippen LogP contribution in [-0.2, 0) is 11.2 Å². The van der Waals surface area contributed by atoms with Crippen molar-refractivity contribution in [1.29, 1.82) is 0 Å². The molecular weight excluding hydrogens is 326 g/mol. The van der Waals surface area contributed by atoms with E-state index in [1.54, 1.807) is 5.38 Å². The summed E-state index contributed by atoms with van der Waals surface area (Å²) >= 11 is 1.40. The highest BCUT2D eigenvalue weighted by molar-refractivity contribution is 7.13. The van der Waals surface area contributed by atoms with Crippen LogP contribution in [0, 0.1) is 0 Å². The van der Waals surface area contributed by atoms with Gasteiger partial charge in [0, 0.05) is 23.3 Å². The Balaban J connectivity index is 2.14. The molecule has 5 nitrogen and oxygen atoms in total. The number of nitrogens with zero attached hydrogens (tertiary/aromatic N) is 1. The summed E-state index contributed by atoms with van der Waals surface area (Å²) in [6.45, 7) is 5.29. The number of carbonyl (C=O) groups excluding carboxylic acids is 1. The molecule has 6 heteroatoms. The summed E-state index contributed by atoms with van der Waals surface area (Å²) in [7, 11) is 0. The lowest BCUT2D eigenvalue weighted by molar-refractivity contribution is -0.304. The van der Waals surface area contributed by atoms with Crippen LogP contribution in [0.2, 0.25) is 0 Å². The van der Waals surface area contributed by atoms with Gasteiger partial charge in [0.05, 0.1) is 18.9 Å². The smallest absolute Gasteiger partial charge is 0.161 e. The summed E-state index contributed by atoms with van der Waals surface area (Å²) in [4.78, 5) is 15.0. The molecule has 0 atom stereocenters. The van der Waals surface area contributed by atoms with Crippen molar-refractivity contribution in [2.45, 2.75) is 39.5 Å². The van der Waals surface area contributed by atoms with Gasteiger partial charge in [-0.05, 0) is 31.5 Å². The topological polar surface area (TPSA) is 71.5 Å². The van der Waals surface area contributed by atoms with Gasteiger partial charge in [-0.15, -0.1) is 11.3 Å². The third kappa shape index (κ3) is 5.23. The Bertz CT molecular complexity index is 669. The molecule has 1 aromatic heterocycles. The van der Waals surface area contributed by atoms with Crippen molar-refractivity contribution in [3.05, 3.63) is 29.3 Å². The molecule has 0 bridgehead atoms. The summed E-state index contributed by atoms with van der Waals surface area (Å²) in [6.07, 6.45) is 3.14. The molecule has 2 rings (SSSR count). The molecule has 1 aromatic carbocycles. The number of benzene rings is 1. The van der Waals surface area contributed by atoms with Gasteiger partial charge in [-0.2, -0.15) is 0 Å². The van der Waals surface area contributed by atoms with Crippen molar-refractivity contribution >= 4 is 17.3 Å². The molecule has 130 valence electrons. The van der Waals surface area contributed by atoms with Crippen molar-refractivity contribution in [1.82, 2.24) is 4.98 Å². The number of unbranched alkanes of at least 4 members (excludes halogenated alkanes) is 2. The maximum Gasteiger partial charge on any atom is 0.161 e. The van der Waals surface area contributed by atoms with E-state index in [1.165, 1.54) is 11.3 Å². The van der Waals surface area contributed by atoms with Gasteiger partial charge < -0.3 is 19.4 Å². The Morgan fingerprint density at radius 3 is 2.75 bits per heavy atom. The molecule has 0 aliphatic heterocycles. The van der Waals surface area contributed by atoms with Crippen molar-refractivity contribution in [2.75, 3.05) is 13.2 Å². The molecule has 24 heavy (non-hydrogen) atoms. The molecule has 0 amide bonds. The summed E-state index contributed by atoms with van der Waals surface area (Å²) in [5.74, 6) is 0.282. The maximum absolute atomic E-state index is 10.7. The zero-order valence-corrected chi connectivity index (χ0v) is 14.9. The molecule has 0 saturated heterocycles. The van der Waals surface area contributed by atoms with Crippen LogP contribution in [0.4, 0.5) is 0 Å². The monoisotopic (exact) mass is 348 g/mol. The van der Waals surface area contributed by atoms with Crippen LogP contribution in [-0.4, -0.2) is 24.2 Å². The highest BCUT2D eigenvalue weighted by Crippen LogP contribution is 2.34. The Morgan fingerprint density at radius 2 is 2.04 bits per heavy atom. The highest BCUT2D eigenvalue weighted by atomic mass is 32.1. The number of carboxylic acids is 1. The predicted molar refractivity (Wildman–Crippen MR) is 92.5 cm³/mol. The van der Waals surface area contributed by atoms with Gasteiger partial charge in [-0.1, -0.05) is 19.8 Å². The lowest BCUT2D eigenvalue weighted by Gasteiger charge is -2.12. The van der Waals surface area contributed by atoms with Crippen LogP contribution in [0.3, 0.4) is 0 Å². The van der Waals surface area contributed by atoms with Crippen LogP contribution in [0.5, 0.6) is 11.5 Å². The minimum Gasteiger partial charge on any atom is -0.550 e. The van der Waals surface area contributed by atoms with E-state index in [2.05, 4.69) is 11.9 Å². The van der Waals surface area contributed by atoms with E-state index in [1.807, 2.05) is 25.1 Å². The first-order valence-corrected chi connectivity index (χ1v) is 9.06. The molecule has 0 unspecified atom stereocenters. The predicted octanol–water partition coefficient (Wildman–Crippen LogP) is 3.07. The molecule has 0 spiro atoms. The number of carbonyl (C=O) groups is 1. The minimum atomic E-state index is -1.13. The van der Waals surface area contributed by atoms with Gasteiger partial charge in [0.2, 0.25) is 0 Å². The quantitative estimate of drug-likeness (QED) is 0.617.